The van der Waals surface area contributed by atoms with Crippen LogP contribution in [0.25, 0.3) is 11.1 Å². The molecule has 2 aromatic rings. The average Bonchev–Trinajstić information content (AvgIpc) is 2.95. The van der Waals surface area contributed by atoms with Crippen LogP contribution in [0.2, 0.25) is 0 Å². The molecule has 0 bridgehead atoms. The summed E-state index contributed by atoms with van der Waals surface area (Å²) in [5, 5.41) is 3.02. The molecule has 3 rings (SSSR count). The molecule has 0 saturated heterocycles. The number of aryl methyl sites for hydroxylation is 1. The van der Waals surface area contributed by atoms with Crippen molar-refractivity contribution < 1.29 is 9.21 Å². The molecule has 1 amide bonds. The zero-order valence-corrected chi connectivity index (χ0v) is 14.4. The third kappa shape index (κ3) is 3.96. The van der Waals surface area contributed by atoms with Crippen LogP contribution >= 0.6 is 0 Å². The van der Waals surface area contributed by atoms with E-state index in [2.05, 4.69) is 10.3 Å². The van der Waals surface area contributed by atoms with E-state index in [-0.39, 0.29) is 17.9 Å². The van der Waals surface area contributed by atoms with E-state index in [1.165, 1.54) is 12.8 Å². The van der Waals surface area contributed by atoms with Crippen molar-refractivity contribution in [1.82, 2.24) is 10.3 Å². The molecule has 2 atom stereocenters. The summed E-state index contributed by atoms with van der Waals surface area (Å²) in [4.78, 5) is 17.0. The quantitative estimate of drug-likeness (QED) is 0.903. The third-order valence-electron chi connectivity index (χ3n) is 4.96. The molecule has 0 radical (unpaired) electrons. The Morgan fingerprint density at radius 2 is 2.08 bits per heavy atom. The fraction of sp³-hybridized carbons (Fsp3) is 0.579. The highest BCUT2D eigenvalue weighted by Crippen LogP contribution is 2.22. The molecule has 2 unspecified atom stereocenters. The average molecular weight is 329 g/mol. The maximum atomic E-state index is 12.4. The van der Waals surface area contributed by atoms with Crippen LogP contribution in [-0.4, -0.2) is 23.5 Å². The molecule has 5 heteroatoms. The molecule has 130 valence electrons. The van der Waals surface area contributed by atoms with Crippen LogP contribution < -0.4 is 11.1 Å². The summed E-state index contributed by atoms with van der Waals surface area (Å²) in [6.45, 7) is 2.56. The summed E-state index contributed by atoms with van der Waals surface area (Å²) < 4.78 is 5.75. The number of nitrogens with two attached hydrogens (primary N) is 1. The summed E-state index contributed by atoms with van der Waals surface area (Å²) in [7, 11) is 0. The van der Waals surface area contributed by atoms with Crippen molar-refractivity contribution in [3.05, 3.63) is 29.7 Å². The number of para-hydroxylation sites is 1. The number of carbonyl (C=O) groups is 1. The van der Waals surface area contributed by atoms with Gasteiger partial charge in [-0.15, -0.1) is 0 Å². The summed E-state index contributed by atoms with van der Waals surface area (Å²) in [6, 6.07) is 5.89. The molecule has 1 heterocycles. The summed E-state index contributed by atoms with van der Waals surface area (Å²) in [6.07, 6.45) is 7.11. The molecule has 1 saturated carbocycles. The lowest BCUT2D eigenvalue weighted by Crippen LogP contribution is -2.43. The first-order chi connectivity index (χ1) is 11.6. The van der Waals surface area contributed by atoms with Gasteiger partial charge in [-0.25, -0.2) is 4.98 Å². The van der Waals surface area contributed by atoms with Crippen LogP contribution in [0.15, 0.2) is 22.6 Å². The van der Waals surface area contributed by atoms with Gasteiger partial charge in [-0.3, -0.25) is 4.79 Å². The highest BCUT2D eigenvalue weighted by Gasteiger charge is 2.25. The van der Waals surface area contributed by atoms with Crippen molar-refractivity contribution in [3.63, 3.8) is 0 Å². The van der Waals surface area contributed by atoms with E-state index < -0.39 is 0 Å². The highest BCUT2D eigenvalue weighted by molar-refractivity contribution is 5.79. The molecule has 1 aromatic heterocycles. The van der Waals surface area contributed by atoms with Gasteiger partial charge >= 0.3 is 0 Å². The van der Waals surface area contributed by atoms with Crippen molar-refractivity contribution in [3.8, 4) is 0 Å². The van der Waals surface area contributed by atoms with Crippen LogP contribution in [0, 0.1) is 12.8 Å². The van der Waals surface area contributed by atoms with Crippen molar-refractivity contribution >= 4 is 17.0 Å². The minimum absolute atomic E-state index is 0.0164. The minimum atomic E-state index is -0.0591. The second-order valence-corrected chi connectivity index (χ2v) is 6.83. The van der Waals surface area contributed by atoms with Crippen molar-refractivity contribution in [2.45, 2.75) is 57.9 Å². The zero-order chi connectivity index (χ0) is 16.9. The van der Waals surface area contributed by atoms with Gasteiger partial charge in [0, 0.05) is 19.0 Å². The largest absolute Gasteiger partial charge is 0.441 e. The number of fused-ring (bicyclic) bond motifs is 1. The van der Waals surface area contributed by atoms with Gasteiger partial charge in [-0.1, -0.05) is 37.8 Å². The fourth-order valence-electron chi connectivity index (χ4n) is 3.50. The van der Waals surface area contributed by atoms with Crippen LogP contribution in [0.1, 0.15) is 50.0 Å². The van der Waals surface area contributed by atoms with Gasteiger partial charge in [0.15, 0.2) is 11.5 Å². The SMILES string of the molecule is Cc1cccc2oc(CCNC(=O)C3CCCCCCC3N)nc12. The Bertz CT molecular complexity index is 695. The van der Waals surface area contributed by atoms with Gasteiger partial charge < -0.3 is 15.5 Å². The second-order valence-electron chi connectivity index (χ2n) is 6.83. The predicted octanol–water partition coefficient (Wildman–Crippen LogP) is 3.09. The summed E-state index contributed by atoms with van der Waals surface area (Å²) in [5.41, 5.74) is 9.02. The highest BCUT2D eigenvalue weighted by atomic mass is 16.3. The lowest BCUT2D eigenvalue weighted by Gasteiger charge is -2.25. The van der Waals surface area contributed by atoms with Gasteiger partial charge in [0.2, 0.25) is 5.91 Å². The van der Waals surface area contributed by atoms with Crippen LogP contribution in [0.5, 0.6) is 0 Å². The number of aromatic nitrogens is 1. The van der Waals surface area contributed by atoms with E-state index in [0.29, 0.717) is 18.9 Å². The van der Waals surface area contributed by atoms with Gasteiger partial charge in [0.05, 0.1) is 5.92 Å². The fourth-order valence-corrected chi connectivity index (χ4v) is 3.50. The Labute approximate surface area is 143 Å². The van der Waals surface area contributed by atoms with Gasteiger partial charge in [-0.05, 0) is 31.4 Å². The number of hydrogen-bond donors (Lipinski definition) is 2. The number of hydrogen-bond acceptors (Lipinski definition) is 4. The molecule has 1 aliphatic rings. The molecule has 0 spiro atoms. The second kappa shape index (κ2) is 7.79. The van der Waals surface area contributed by atoms with Gasteiger partial charge in [0.1, 0.15) is 5.52 Å². The number of amides is 1. The number of nitrogens with zero attached hydrogens (tertiary/aromatic N) is 1. The lowest BCUT2D eigenvalue weighted by atomic mass is 9.86. The van der Waals surface area contributed by atoms with E-state index in [1.807, 2.05) is 25.1 Å². The number of benzene rings is 1. The molecule has 24 heavy (non-hydrogen) atoms. The van der Waals surface area contributed by atoms with E-state index >= 15 is 0 Å². The monoisotopic (exact) mass is 329 g/mol. The molecule has 1 fully saturated rings. The maximum Gasteiger partial charge on any atom is 0.224 e. The normalized spacial score (nSPS) is 22.1. The number of nitrogens with one attached hydrogen (secondary N) is 1. The predicted molar refractivity (Wildman–Crippen MR) is 94.6 cm³/mol. The molecule has 5 nitrogen and oxygen atoms in total. The number of oxazole rings is 1. The Hall–Kier alpha value is -1.88. The van der Waals surface area contributed by atoms with Gasteiger partial charge in [-0.2, -0.15) is 0 Å². The van der Waals surface area contributed by atoms with E-state index in [0.717, 1.165) is 42.3 Å². The summed E-state index contributed by atoms with van der Waals surface area (Å²) in [5.74, 6) is 0.689. The van der Waals surface area contributed by atoms with Crippen LogP contribution in [-0.2, 0) is 11.2 Å². The van der Waals surface area contributed by atoms with Crippen molar-refractivity contribution in [2.75, 3.05) is 6.54 Å². The first-order valence-corrected chi connectivity index (χ1v) is 9.03. The van der Waals surface area contributed by atoms with Gasteiger partial charge in [0.25, 0.3) is 0 Å². The topological polar surface area (TPSA) is 81.2 Å². The number of rotatable bonds is 4. The zero-order valence-electron chi connectivity index (χ0n) is 14.4. The van der Waals surface area contributed by atoms with E-state index in [9.17, 15) is 4.79 Å². The van der Waals surface area contributed by atoms with Crippen molar-refractivity contribution in [2.24, 2.45) is 11.7 Å². The third-order valence-corrected chi connectivity index (χ3v) is 4.96. The molecular formula is C19H27N3O2. The van der Waals surface area contributed by atoms with Crippen LogP contribution in [0.4, 0.5) is 0 Å². The molecule has 1 aliphatic carbocycles. The molecule has 3 N–H and O–H groups in total. The smallest absolute Gasteiger partial charge is 0.224 e. The van der Waals surface area contributed by atoms with E-state index in [1.54, 1.807) is 0 Å². The first-order valence-electron chi connectivity index (χ1n) is 9.03. The number of carbonyl (C=O) groups excluding carboxylic acids is 1. The first kappa shape index (κ1) is 17.0. The van der Waals surface area contributed by atoms with Crippen molar-refractivity contribution in [1.29, 1.82) is 0 Å². The Morgan fingerprint density at radius 3 is 2.88 bits per heavy atom. The Balaban J connectivity index is 1.54. The molecule has 1 aromatic carbocycles. The Kier molecular flexibility index (Phi) is 5.51. The lowest BCUT2D eigenvalue weighted by molar-refractivity contribution is -0.126. The van der Waals surface area contributed by atoms with Crippen LogP contribution in [0.3, 0.4) is 0 Å². The standard InChI is InChI=1S/C19H27N3O2/c1-13-7-6-10-16-18(13)22-17(24-16)11-12-21-19(23)14-8-4-2-3-5-9-15(14)20/h6-7,10,14-15H,2-5,8-9,11-12,20H2,1H3,(H,21,23). The molecular weight excluding hydrogens is 302 g/mol. The maximum absolute atomic E-state index is 12.4. The Morgan fingerprint density at radius 1 is 1.29 bits per heavy atom. The summed E-state index contributed by atoms with van der Waals surface area (Å²) >= 11 is 0. The molecule has 0 aliphatic heterocycles. The van der Waals surface area contributed by atoms with E-state index in [4.69, 9.17) is 10.2 Å². The minimum Gasteiger partial charge on any atom is -0.441 e.